The van der Waals surface area contributed by atoms with Crippen LogP contribution in [0.15, 0.2) is 48.5 Å². The first-order valence-electron chi connectivity index (χ1n) is 6.60. The van der Waals surface area contributed by atoms with Gasteiger partial charge in [-0.15, -0.1) is 0 Å². The predicted octanol–water partition coefficient (Wildman–Crippen LogP) is 4.83. The van der Waals surface area contributed by atoms with Crippen LogP contribution in [0, 0.1) is 6.92 Å². The van der Waals surface area contributed by atoms with Crippen LogP contribution in [0.4, 0.5) is 10.8 Å². The molecule has 0 aliphatic rings. The van der Waals surface area contributed by atoms with Gasteiger partial charge in [0.2, 0.25) is 5.13 Å². The van der Waals surface area contributed by atoms with E-state index in [0.717, 1.165) is 28.1 Å². The highest BCUT2D eigenvalue weighted by Crippen LogP contribution is 2.21. The van der Waals surface area contributed by atoms with Crippen LogP contribution in [0.3, 0.4) is 0 Å². The Morgan fingerprint density at radius 1 is 1.10 bits per heavy atom. The molecule has 21 heavy (non-hydrogen) atoms. The Hall–Kier alpha value is -1.91. The maximum Gasteiger partial charge on any atom is 0.207 e. The first-order valence-corrected chi connectivity index (χ1v) is 7.75. The molecule has 5 heteroatoms. The monoisotopic (exact) mass is 315 g/mol. The van der Waals surface area contributed by atoms with Gasteiger partial charge in [0, 0.05) is 28.7 Å². The van der Waals surface area contributed by atoms with E-state index in [2.05, 4.69) is 33.7 Å². The molecule has 3 nitrogen and oxygen atoms in total. The van der Waals surface area contributed by atoms with Gasteiger partial charge in [-0.25, -0.2) is 4.98 Å². The van der Waals surface area contributed by atoms with Crippen LogP contribution in [0.5, 0.6) is 0 Å². The molecule has 0 bridgehead atoms. The standard InChI is InChI=1S/C16H14ClN3S/c1-11-4-2-3-5-12(11)10-15-19-16(21-20-15)18-14-8-6-13(17)7-9-14/h2-9H,10H2,1H3,(H,18,19,20). The number of nitrogens with one attached hydrogen (secondary N) is 1. The van der Waals surface area contributed by atoms with Gasteiger partial charge in [0.1, 0.15) is 5.82 Å². The van der Waals surface area contributed by atoms with Crippen molar-refractivity contribution >= 4 is 34.0 Å². The van der Waals surface area contributed by atoms with Gasteiger partial charge in [0.05, 0.1) is 0 Å². The molecule has 0 atom stereocenters. The lowest BCUT2D eigenvalue weighted by Gasteiger charge is -2.02. The molecule has 0 saturated carbocycles. The Balaban J connectivity index is 1.72. The van der Waals surface area contributed by atoms with Gasteiger partial charge in [0.15, 0.2) is 0 Å². The molecule has 2 aromatic carbocycles. The SMILES string of the molecule is Cc1ccccc1Cc1nsc(Nc2ccc(Cl)cc2)n1. The Morgan fingerprint density at radius 3 is 2.62 bits per heavy atom. The zero-order valence-electron chi connectivity index (χ0n) is 11.5. The normalized spacial score (nSPS) is 10.6. The quantitative estimate of drug-likeness (QED) is 0.749. The van der Waals surface area contributed by atoms with E-state index in [-0.39, 0.29) is 0 Å². The van der Waals surface area contributed by atoms with Crippen molar-refractivity contribution in [1.82, 2.24) is 9.36 Å². The number of anilines is 2. The highest BCUT2D eigenvalue weighted by atomic mass is 35.5. The van der Waals surface area contributed by atoms with Crippen molar-refractivity contribution in [3.63, 3.8) is 0 Å². The number of aryl methyl sites for hydroxylation is 1. The number of halogens is 1. The number of hydrogen-bond acceptors (Lipinski definition) is 4. The molecule has 0 spiro atoms. The topological polar surface area (TPSA) is 37.8 Å². The van der Waals surface area contributed by atoms with E-state index < -0.39 is 0 Å². The lowest BCUT2D eigenvalue weighted by molar-refractivity contribution is 1.03. The summed E-state index contributed by atoms with van der Waals surface area (Å²) >= 11 is 7.24. The van der Waals surface area contributed by atoms with E-state index in [1.807, 2.05) is 36.4 Å². The molecule has 0 fully saturated rings. The second kappa shape index (κ2) is 6.24. The van der Waals surface area contributed by atoms with Gasteiger partial charge in [-0.1, -0.05) is 35.9 Å². The summed E-state index contributed by atoms with van der Waals surface area (Å²) in [7, 11) is 0. The van der Waals surface area contributed by atoms with E-state index in [0.29, 0.717) is 0 Å². The number of nitrogens with zero attached hydrogens (tertiary/aromatic N) is 2. The van der Waals surface area contributed by atoms with Crippen LogP contribution in [0.1, 0.15) is 17.0 Å². The van der Waals surface area contributed by atoms with Crippen molar-refractivity contribution in [2.24, 2.45) is 0 Å². The first-order chi connectivity index (χ1) is 10.2. The maximum atomic E-state index is 5.87. The van der Waals surface area contributed by atoms with Crippen LogP contribution < -0.4 is 5.32 Å². The molecule has 3 aromatic rings. The molecule has 0 unspecified atom stereocenters. The molecule has 3 rings (SSSR count). The highest BCUT2D eigenvalue weighted by molar-refractivity contribution is 7.09. The molecule has 106 valence electrons. The average molecular weight is 316 g/mol. The second-order valence-corrected chi connectivity index (χ2v) is 5.94. The smallest absolute Gasteiger partial charge is 0.207 e. The average Bonchev–Trinajstić information content (AvgIpc) is 2.91. The van der Waals surface area contributed by atoms with Crippen molar-refractivity contribution in [2.45, 2.75) is 13.3 Å². The van der Waals surface area contributed by atoms with Crippen molar-refractivity contribution in [3.8, 4) is 0 Å². The van der Waals surface area contributed by atoms with E-state index in [9.17, 15) is 0 Å². The summed E-state index contributed by atoms with van der Waals surface area (Å²) in [6.45, 7) is 2.11. The fourth-order valence-corrected chi connectivity index (χ4v) is 2.74. The van der Waals surface area contributed by atoms with Gasteiger partial charge in [-0.2, -0.15) is 4.37 Å². The van der Waals surface area contributed by atoms with E-state index in [4.69, 9.17) is 11.6 Å². The Kier molecular flexibility index (Phi) is 4.18. The molecule has 0 aliphatic carbocycles. The number of aromatic nitrogens is 2. The summed E-state index contributed by atoms with van der Waals surface area (Å²) in [4.78, 5) is 4.53. The Bertz CT molecular complexity index is 737. The zero-order chi connectivity index (χ0) is 14.7. The molecular weight excluding hydrogens is 302 g/mol. The fourth-order valence-electron chi connectivity index (χ4n) is 2.01. The molecular formula is C16H14ClN3S. The minimum Gasteiger partial charge on any atom is -0.330 e. The van der Waals surface area contributed by atoms with Gasteiger partial charge in [-0.3, -0.25) is 0 Å². The van der Waals surface area contributed by atoms with Crippen molar-refractivity contribution in [1.29, 1.82) is 0 Å². The van der Waals surface area contributed by atoms with E-state index in [1.54, 1.807) is 0 Å². The molecule has 0 amide bonds. The second-order valence-electron chi connectivity index (χ2n) is 4.75. The first kappa shape index (κ1) is 14.0. The third kappa shape index (κ3) is 3.60. The third-order valence-corrected chi connectivity index (χ3v) is 4.09. The van der Waals surface area contributed by atoms with Gasteiger partial charge in [-0.05, 0) is 42.3 Å². The van der Waals surface area contributed by atoms with Crippen LogP contribution in [-0.2, 0) is 6.42 Å². The number of rotatable bonds is 4. The maximum absolute atomic E-state index is 5.87. The lowest BCUT2D eigenvalue weighted by Crippen LogP contribution is -1.94. The molecule has 1 heterocycles. The van der Waals surface area contributed by atoms with Gasteiger partial charge >= 0.3 is 0 Å². The summed E-state index contributed by atoms with van der Waals surface area (Å²) in [5.74, 6) is 0.839. The van der Waals surface area contributed by atoms with E-state index >= 15 is 0 Å². The lowest BCUT2D eigenvalue weighted by atomic mass is 10.1. The zero-order valence-corrected chi connectivity index (χ0v) is 13.1. The molecule has 0 saturated heterocycles. The van der Waals surface area contributed by atoms with Crippen molar-refractivity contribution in [2.75, 3.05) is 5.32 Å². The van der Waals surface area contributed by atoms with Crippen LogP contribution in [-0.4, -0.2) is 9.36 Å². The minimum absolute atomic E-state index is 0.720. The predicted molar refractivity (Wildman–Crippen MR) is 88.6 cm³/mol. The fraction of sp³-hybridized carbons (Fsp3) is 0.125. The minimum atomic E-state index is 0.720. The van der Waals surface area contributed by atoms with Gasteiger partial charge < -0.3 is 5.32 Å². The van der Waals surface area contributed by atoms with Crippen LogP contribution in [0.25, 0.3) is 0 Å². The summed E-state index contributed by atoms with van der Waals surface area (Å²) in [6, 6.07) is 15.8. The largest absolute Gasteiger partial charge is 0.330 e. The number of benzene rings is 2. The van der Waals surface area contributed by atoms with Gasteiger partial charge in [0.25, 0.3) is 0 Å². The molecule has 1 aromatic heterocycles. The van der Waals surface area contributed by atoms with Crippen LogP contribution in [0.2, 0.25) is 5.02 Å². The van der Waals surface area contributed by atoms with Crippen molar-refractivity contribution in [3.05, 3.63) is 70.5 Å². The van der Waals surface area contributed by atoms with Crippen molar-refractivity contribution < 1.29 is 0 Å². The third-order valence-electron chi connectivity index (χ3n) is 3.17. The summed E-state index contributed by atoms with van der Waals surface area (Å²) < 4.78 is 4.41. The highest BCUT2D eigenvalue weighted by Gasteiger charge is 2.07. The summed E-state index contributed by atoms with van der Waals surface area (Å²) in [5, 5.41) is 4.75. The molecule has 1 N–H and O–H groups in total. The number of hydrogen-bond donors (Lipinski definition) is 1. The summed E-state index contributed by atoms with van der Waals surface area (Å²) in [6.07, 6.45) is 0.755. The summed E-state index contributed by atoms with van der Waals surface area (Å²) in [5.41, 5.74) is 3.48. The Labute approximate surface area is 132 Å². The molecule has 0 radical (unpaired) electrons. The van der Waals surface area contributed by atoms with E-state index in [1.165, 1.54) is 22.7 Å². The Morgan fingerprint density at radius 2 is 1.86 bits per heavy atom. The van der Waals surface area contributed by atoms with Crippen LogP contribution >= 0.6 is 23.1 Å². The molecule has 0 aliphatic heterocycles.